The number of hydrogen-bond acceptors (Lipinski definition) is 4. The van der Waals surface area contributed by atoms with Crippen molar-refractivity contribution < 1.29 is 24.2 Å². The highest BCUT2D eigenvalue weighted by molar-refractivity contribution is 5.78. The predicted octanol–water partition coefficient (Wildman–Crippen LogP) is 0.504. The van der Waals surface area contributed by atoms with Crippen LogP contribution in [0.15, 0.2) is 0 Å². The molecule has 0 aromatic rings. The van der Waals surface area contributed by atoms with Gasteiger partial charge >= 0.3 is 5.97 Å². The van der Waals surface area contributed by atoms with Crippen LogP contribution in [-0.2, 0) is 19.1 Å². The molecule has 2 saturated heterocycles. The van der Waals surface area contributed by atoms with E-state index in [1.54, 1.807) is 7.05 Å². The number of aliphatic carboxylic acids is 1. The highest BCUT2D eigenvalue weighted by atomic mass is 16.5. The van der Waals surface area contributed by atoms with Gasteiger partial charge in [-0.2, -0.15) is 0 Å². The molecule has 2 aliphatic rings. The number of amides is 1. The van der Waals surface area contributed by atoms with Crippen molar-refractivity contribution in [3.63, 3.8) is 0 Å². The second kappa shape index (κ2) is 6.34. The second-order valence-electron chi connectivity index (χ2n) is 5.25. The fraction of sp³-hybridized carbons (Fsp3) is 0.846. The van der Waals surface area contributed by atoms with Crippen LogP contribution in [0.4, 0.5) is 0 Å². The van der Waals surface area contributed by atoms with Crippen LogP contribution in [0.25, 0.3) is 0 Å². The minimum Gasteiger partial charge on any atom is -0.481 e. The largest absolute Gasteiger partial charge is 0.481 e. The molecule has 0 aromatic carbocycles. The molecule has 6 heteroatoms. The third-order valence-electron chi connectivity index (χ3n) is 3.93. The summed E-state index contributed by atoms with van der Waals surface area (Å²) in [5, 5.41) is 9.09. The van der Waals surface area contributed by atoms with Gasteiger partial charge in [0.1, 0.15) is 5.92 Å². The van der Waals surface area contributed by atoms with Gasteiger partial charge in [0.2, 0.25) is 5.91 Å². The Bertz CT molecular complexity index is 340. The Kier molecular flexibility index (Phi) is 4.76. The first-order valence-electron chi connectivity index (χ1n) is 6.77. The van der Waals surface area contributed by atoms with Gasteiger partial charge in [-0.25, -0.2) is 0 Å². The molecule has 1 amide bonds. The molecule has 19 heavy (non-hydrogen) atoms. The van der Waals surface area contributed by atoms with E-state index >= 15 is 0 Å². The fourth-order valence-corrected chi connectivity index (χ4v) is 2.65. The standard InChI is InChI=1S/C13H21NO5/c1-14(11-8-18-7-10(11)13(16)17)12(15)6-9-4-2-3-5-19-9/h9-11H,2-8H2,1H3,(H,16,17). The molecule has 0 spiro atoms. The Hall–Kier alpha value is -1.14. The average Bonchev–Trinajstić information content (AvgIpc) is 2.88. The van der Waals surface area contributed by atoms with E-state index in [9.17, 15) is 9.59 Å². The zero-order valence-corrected chi connectivity index (χ0v) is 11.2. The van der Waals surface area contributed by atoms with E-state index in [1.165, 1.54) is 4.90 Å². The van der Waals surface area contributed by atoms with Crippen molar-refractivity contribution in [2.24, 2.45) is 5.92 Å². The van der Waals surface area contributed by atoms with Crippen molar-refractivity contribution in [2.75, 3.05) is 26.9 Å². The number of carboxylic acids is 1. The first-order chi connectivity index (χ1) is 9.09. The highest BCUT2D eigenvalue weighted by Gasteiger charge is 2.38. The highest BCUT2D eigenvalue weighted by Crippen LogP contribution is 2.22. The lowest BCUT2D eigenvalue weighted by molar-refractivity contribution is -0.145. The molecule has 3 unspecified atom stereocenters. The summed E-state index contributed by atoms with van der Waals surface area (Å²) in [4.78, 5) is 24.8. The lowest BCUT2D eigenvalue weighted by Gasteiger charge is -2.29. The smallest absolute Gasteiger partial charge is 0.311 e. The molecule has 1 N–H and O–H groups in total. The summed E-state index contributed by atoms with van der Waals surface area (Å²) < 4.78 is 10.7. The SMILES string of the molecule is CN(C(=O)CC1CCCCO1)C1COCC1C(=O)O. The molecule has 2 heterocycles. The average molecular weight is 271 g/mol. The Morgan fingerprint density at radius 2 is 2.11 bits per heavy atom. The van der Waals surface area contributed by atoms with Gasteiger partial charge in [-0.1, -0.05) is 0 Å². The Morgan fingerprint density at radius 3 is 2.74 bits per heavy atom. The number of carboxylic acid groups (broad SMARTS) is 1. The van der Waals surface area contributed by atoms with Crippen molar-refractivity contribution in [1.29, 1.82) is 0 Å². The fourth-order valence-electron chi connectivity index (χ4n) is 2.65. The lowest BCUT2D eigenvalue weighted by atomic mass is 10.0. The van der Waals surface area contributed by atoms with Crippen LogP contribution in [0.1, 0.15) is 25.7 Å². The maximum Gasteiger partial charge on any atom is 0.311 e. The Balaban J connectivity index is 1.88. The van der Waals surface area contributed by atoms with E-state index in [0.29, 0.717) is 19.6 Å². The summed E-state index contributed by atoms with van der Waals surface area (Å²) in [7, 11) is 1.65. The number of likely N-dealkylation sites (N-methyl/N-ethyl adjacent to an activating group) is 1. The molecular weight excluding hydrogens is 250 g/mol. The first-order valence-corrected chi connectivity index (χ1v) is 6.77. The normalized spacial score (nSPS) is 31.1. The van der Waals surface area contributed by atoms with E-state index in [2.05, 4.69) is 0 Å². The van der Waals surface area contributed by atoms with Gasteiger partial charge in [0, 0.05) is 13.7 Å². The summed E-state index contributed by atoms with van der Waals surface area (Å²) in [6.07, 6.45) is 3.36. The molecule has 2 aliphatic heterocycles. The maximum atomic E-state index is 12.2. The van der Waals surface area contributed by atoms with Crippen molar-refractivity contribution in [3.8, 4) is 0 Å². The molecular formula is C13H21NO5. The molecule has 0 aromatic heterocycles. The van der Waals surface area contributed by atoms with Crippen molar-refractivity contribution >= 4 is 11.9 Å². The third kappa shape index (κ3) is 3.45. The monoisotopic (exact) mass is 271 g/mol. The summed E-state index contributed by atoms with van der Waals surface area (Å²) in [6.45, 7) is 1.19. The zero-order valence-electron chi connectivity index (χ0n) is 11.2. The summed E-state index contributed by atoms with van der Waals surface area (Å²) in [5.41, 5.74) is 0. The Labute approximate surface area is 112 Å². The minimum atomic E-state index is -0.906. The van der Waals surface area contributed by atoms with E-state index in [-0.39, 0.29) is 24.7 Å². The molecule has 6 nitrogen and oxygen atoms in total. The lowest BCUT2D eigenvalue weighted by Crippen LogP contribution is -2.45. The minimum absolute atomic E-state index is 0.0192. The van der Waals surface area contributed by atoms with Crippen LogP contribution in [0.3, 0.4) is 0 Å². The second-order valence-corrected chi connectivity index (χ2v) is 5.25. The van der Waals surface area contributed by atoms with Crippen LogP contribution >= 0.6 is 0 Å². The van der Waals surface area contributed by atoms with E-state index in [0.717, 1.165) is 19.3 Å². The molecule has 2 fully saturated rings. The maximum absolute atomic E-state index is 12.2. The number of carbonyl (C=O) groups is 2. The van der Waals surface area contributed by atoms with Gasteiger partial charge in [0.15, 0.2) is 0 Å². The van der Waals surface area contributed by atoms with Crippen molar-refractivity contribution in [1.82, 2.24) is 4.90 Å². The number of rotatable bonds is 4. The first kappa shape index (κ1) is 14.3. The molecule has 108 valence electrons. The topological polar surface area (TPSA) is 76.1 Å². The summed E-state index contributed by atoms with van der Waals surface area (Å²) in [5.74, 6) is -1.59. The van der Waals surface area contributed by atoms with Crippen molar-refractivity contribution in [2.45, 2.75) is 37.8 Å². The van der Waals surface area contributed by atoms with Crippen LogP contribution in [0.2, 0.25) is 0 Å². The van der Waals surface area contributed by atoms with Crippen LogP contribution in [0.5, 0.6) is 0 Å². The quantitative estimate of drug-likeness (QED) is 0.806. The van der Waals surface area contributed by atoms with E-state index < -0.39 is 11.9 Å². The van der Waals surface area contributed by atoms with Gasteiger partial charge in [0.25, 0.3) is 0 Å². The number of hydrogen-bond donors (Lipinski definition) is 1. The summed E-state index contributed by atoms with van der Waals surface area (Å²) in [6, 6.07) is -0.367. The number of carbonyl (C=O) groups excluding carboxylic acids is 1. The zero-order chi connectivity index (χ0) is 13.8. The number of nitrogens with zero attached hydrogens (tertiary/aromatic N) is 1. The van der Waals surface area contributed by atoms with Crippen LogP contribution in [-0.4, -0.2) is 60.9 Å². The molecule has 0 bridgehead atoms. The Morgan fingerprint density at radius 1 is 1.32 bits per heavy atom. The van der Waals surface area contributed by atoms with Gasteiger partial charge in [-0.05, 0) is 19.3 Å². The van der Waals surface area contributed by atoms with Crippen LogP contribution in [0, 0.1) is 5.92 Å². The van der Waals surface area contributed by atoms with E-state index in [1.807, 2.05) is 0 Å². The summed E-state index contributed by atoms with van der Waals surface area (Å²) >= 11 is 0. The van der Waals surface area contributed by atoms with E-state index in [4.69, 9.17) is 14.6 Å². The molecule has 2 rings (SSSR count). The van der Waals surface area contributed by atoms with Crippen molar-refractivity contribution in [3.05, 3.63) is 0 Å². The number of ether oxygens (including phenoxy) is 2. The van der Waals surface area contributed by atoms with Gasteiger partial charge < -0.3 is 19.5 Å². The molecule has 0 radical (unpaired) electrons. The molecule has 0 aliphatic carbocycles. The predicted molar refractivity (Wildman–Crippen MR) is 66.7 cm³/mol. The molecule has 0 saturated carbocycles. The van der Waals surface area contributed by atoms with Crippen LogP contribution < -0.4 is 0 Å². The van der Waals surface area contributed by atoms with Gasteiger partial charge in [0.05, 0.1) is 31.8 Å². The van der Waals surface area contributed by atoms with Gasteiger partial charge in [-0.15, -0.1) is 0 Å². The van der Waals surface area contributed by atoms with Gasteiger partial charge in [-0.3, -0.25) is 9.59 Å². The third-order valence-corrected chi connectivity index (χ3v) is 3.93. The molecule has 3 atom stereocenters.